The fourth-order valence-corrected chi connectivity index (χ4v) is 2.01. The van der Waals surface area contributed by atoms with Gasteiger partial charge in [-0.25, -0.2) is 0 Å². The number of nitriles is 1. The van der Waals surface area contributed by atoms with E-state index in [0.717, 1.165) is 12.8 Å². The number of hydrogen-bond acceptors (Lipinski definition) is 2. The van der Waals surface area contributed by atoms with Crippen molar-refractivity contribution < 1.29 is 4.79 Å². The SMILES string of the molecule is CC(C)N(C(=O)c1ccc(C#N)cc1)C1CC1. The van der Waals surface area contributed by atoms with E-state index in [1.165, 1.54) is 0 Å². The zero-order valence-corrected chi connectivity index (χ0v) is 10.2. The molecule has 2 rings (SSSR count). The maximum Gasteiger partial charge on any atom is 0.254 e. The largest absolute Gasteiger partial charge is 0.333 e. The third-order valence-corrected chi connectivity index (χ3v) is 2.99. The van der Waals surface area contributed by atoms with Crippen molar-refractivity contribution in [1.29, 1.82) is 5.26 Å². The predicted octanol–water partition coefficient (Wildman–Crippen LogP) is 2.57. The molecule has 0 bridgehead atoms. The van der Waals surface area contributed by atoms with Crippen LogP contribution in [0.3, 0.4) is 0 Å². The number of hydrogen-bond donors (Lipinski definition) is 0. The number of rotatable bonds is 3. The highest BCUT2D eigenvalue weighted by atomic mass is 16.2. The van der Waals surface area contributed by atoms with Gasteiger partial charge in [-0.15, -0.1) is 0 Å². The zero-order chi connectivity index (χ0) is 12.4. The summed E-state index contributed by atoms with van der Waals surface area (Å²) < 4.78 is 0. The van der Waals surface area contributed by atoms with Gasteiger partial charge in [0.2, 0.25) is 0 Å². The lowest BCUT2D eigenvalue weighted by Crippen LogP contribution is -2.38. The molecule has 0 N–H and O–H groups in total. The lowest BCUT2D eigenvalue weighted by molar-refractivity contribution is 0.0690. The molecule has 0 atom stereocenters. The van der Waals surface area contributed by atoms with E-state index in [2.05, 4.69) is 6.07 Å². The molecule has 3 nitrogen and oxygen atoms in total. The highest BCUT2D eigenvalue weighted by Gasteiger charge is 2.34. The molecule has 1 fully saturated rings. The first-order chi connectivity index (χ1) is 8.13. The molecule has 0 aliphatic heterocycles. The van der Waals surface area contributed by atoms with E-state index in [4.69, 9.17) is 5.26 Å². The van der Waals surface area contributed by atoms with Crippen LogP contribution in [-0.2, 0) is 0 Å². The summed E-state index contributed by atoms with van der Waals surface area (Å²) in [7, 11) is 0. The lowest BCUT2D eigenvalue weighted by Gasteiger charge is -2.26. The van der Waals surface area contributed by atoms with Crippen molar-refractivity contribution in [2.24, 2.45) is 0 Å². The Bertz CT molecular complexity index is 450. The van der Waals surface area contributed by atoms with Crippen molar-refractivity contribution in [3.05, 3.63) is 35.4 Å². The van der Waals surface area contributed by atoms with Crippen molar-refractivity contribution in [1.82, 2.24) is 4.90 Å². The van der Waals surface area contributed by atoms with E-state index < -0.39 is 0 Å². The molecule has 0 spiro atoms. The van der Waals surface area contributed by atoms with Gasteiger partial charge >= 0.3 is 0 Å². The second-order valence-corrected chi connectivity index (χ2v) is 4.73. The molecule has 0 heterocycles. The fraction of sp³-hybridized carbons (Fsp3) is 0.429. The summed E-state index contributed by atoms with van der Waals surface area (Å²) in [6.07, 6.45) is 2.22. The van der Waals surface area contributed by atoms with Crippen LogP contribution in [-0.4, -0.2) is 22.9 Å². The number of carbonyl (C=O) groups excluding carboxylic acids is 1. The topological polar surface area (TPSA) is 44.1 Å². The Kier molecular flexibility index (Phi) is 3.14. The average molecular weight is 228 g/mol. The number of amides is 1. The summed E-state index contributed by atoms with van der Waals surface area (Å²) in [5.41, 5.74) is 1.26. The van der Waals surface area contributed by atoms with Crippen molar-refractivity contribution in [2.45, 2.75) is 38.8 Å². The van der Waals surface area contributed by atoms with Crippen LogP contribution in [0.1, 0.15) is 42.6 Å². The first kappa shape index (κ1) is 11.7. The fourth-order valence-electron chi connectivity index (χ4n) is 2.01. The molecule has 3 heteroatoms. The van der Waals surface area contributed by atoms with Gasteiger partial charge in [0.05, 0.1) is 11.6 Å². The number of nitrogens with zero attached hydrogens (tertiary/aromatic N) is 2. The summed E-state index contributed by atoms with van der Waals surface area (Å²) in [5, 5.41) is 8.72. The van der Waals surface area contributed by atoms with Crippen LogP contribution in [0.5, 0.6) is 0 Å². The molecule has 0 aromatic heterocycles. The molecular weight excluding hydrogens is 212 g/mol. The monoisotopic (exact) mass is 228 g/mol. The highest BCUT2D eigenvalue weighted by Crippen LogP contribution is 2.30. The minimum Gasteiger partial charge on any atom is -0.333 e. The third kappa shape index (κ3) is 2.47. The van der Waals surface area contributed by atoms with Crippen LogP contribution in [0, 0.1) is 11.3 Å². The summed E-state index contributed by atoms with van der Waals surface area (Å²) in [6, 6.07) is 9.55. The van der Waals surface area contributed by atoms with Gasteiger partial charge in [0.1, 0.15) is 0 Å². The molecule has 1 aromatic rings. The summed E-state index contributed by atoms with van der Waals surface area (Å²) in [6.45, 7) is 4.08. The van der Waals surface area contributed by atoms with Gasteiger partial charge in [-0.05, 0) is 51.0 Å². The summed E-state index contributed by atoms with van der Waals surface area (Å²) in [4.78, 5) is 14.3. The van der Waals surface area contributed by atoms with Crippen molar-refractivity contribution in [2.75, 3.05) is 0 Å². The van der Waals surface area contributed by atoms with Gasteiger partial charge in [-0.3, -0.25) is 4.79 Å². The van der Waals surface area contributed by atoms with Gasteiger partial charge in [-0.1, -0.05) is 0 Å². The second-order valence-electron chi connectivity index (χ2n) is 4.73. The minimum absolute atomic E-state index is 0.0759. The van der Waals surface area contributed by atoms with Crippen LogP contribution < -0.4 is 0 Å². The second kappa shape index (κ2) is 4.58. The normalized spacial score (nSPS) is 14.5. The molecule has 1 amide bonds. The Hall–Kier alpha value is -1.82. The van der Waals surface area contributed by atoms with E-state index in [1.807, 2.05) is 18.7 Å². The Balaban J connectivity index is 2.20. The lowest BCUT2D eigenvalue weighted by atomic mass is 10.1. The Labute approximate surface area is 102 Å². The molecule has 88 valence electrons. The quantitative estimate of drug-likeness (QED) is 0.798. The van der Waals surface area contributed by atoms with E-state index in [-0.39, 0.29) is 11.9 Å². The van der Waals surface area contributed by atoms with Gasteiger partial charge < -0.3 is 4.90 Å². The molecule has 0 radical (unpaired) electrons. The molecule has 1 aliphatic carbocycles. The zero-order valence-electron chi connectivity index (χ0n) is 10.2. The van der Waals surface area contributed by atoms with Crippen LogP contribution in [0.15, 0.2) is 24.3 Å². The van der Waals surface area contributed by atoms with E-state index in [9.17, 15) is 4.79 Å². The van der Waals surface area contributed by atoms with Crippen molar-refractivity contribution >= 4 is 5.91 Å². The van der Waals surface area contributed by atoms with E-state index in [1.54, 1.807) is 24.3 Å². The molecule has 17 heavy (non-hydrogen) atoms. The van der Waals surface area contributed by atoms with Crippen LogP contribution in [0.4, 0.5) is 0 Å². The van der Waals surface area contributed by atoms with Gasteiger partial charge in [0, 0.05) is 17.6 Å². The van der Waals surface area contributed by atoms with Crippen LogP contribution in [0.2, 0.25) is 0 Å². The molecule has 1 aromatic carbocycles. The van der Waals surface area contributed by atoms with E-state index in [0.29, 0.717) is 17.2 Å². The first-order valence-electron chi connectivity index (χ1n) is 5.96. The molecule has 1 aliphatic rings. The first-order valence-corrected chi connectivity index (χ1v) is 5.96. The molecular formula is C14H16N2O. The molecule has 1 saturated carbocycles. The maximum absolute atomic E-state index is 12.3. The van der Waals surface area contributed by atoms with Crippen LogP contribution in [0.25, 0.3) is 0 Å². The third-order valence-electron chi connectivity index (χ3n) is 2.99. The van der Waals surface area contributed by atoms with Crippen molar-refractivity contribution in [3.8, 4) is 6.07 Å². The van der Waals surface area contributed by atoms with Gasteiger partial charge in [0.15, 0.2) is 0 Å². The van der Waals surface area contributed by atoms with Gasteiger partial charge in [0.25, 0.3) is 5.91 Å². The highest BCUT2D eigenvalue weighted by molar-refractivity contribution is 5.94. The van der Waals surface area contributed by atoms with E-state index >= 15 is 0 Å². The smallest absolute Gasteiger partial charge is 0.254 e. The summed E-state index contributed by atoms with van der Waals surface area (Å²) in [5.74, 6) is 0.0759. The number of benzene rings is 1. The average Bonchev–Trinajstić information content (AvgIpc) is 3.13. The van der Waals surface area contributed by atoms with Crippen LogP contribution >= 0.6 is 0 Å². The molecule has 0 saturated heterocycles. The number of carbonyl (C=O) groups is 1. The molecule has 0 unspecified atom stereocenters. The van der Waals surface area contributed by atoms with Crippen molar-refractivity contribution in [3.63, 3.8) is 0 Å². The predicted molar refractivity (Wildman–Crippen MR) is 65.5 cm³/mol. The summed E-state index contributed by atoms with van der Waals surface area (Å²) >= 11 is 0. The Morgan fingerprint density at radius 3 is 2.35 bits per heavy atom. The standard InChI is InChI=1S/C14H16N2O/c1-10(2)16(13-7-8-13)14(17)12-5-3-11(9-15)4-6-12/h3-6,10,13H,7-8H2,1-2H3. The minimum atomic E-state index is 0.0759. The van der Waals surface area contributed by atoms with Gasteiger partial charge in [-0.2, -0.15) is 5.26 Å². The Morgan fingerprint density at radius 1 is 1.35 bits per heavy atom. The Morgan fingerprint density at radius 2 is 1.94 bits per heavy atom. The maximum atomic E-state index is 12.3.